The fourth-order valence-electron chi connectivity index (χ4n) is 3.23. The number of fused-ring (bicyclic) bond motifs is 1. The largest absolute Gasteiger partial charge is 0.378 e. The number of rotatable bonds is 4. The van der Waals surface area contributed by atoms with Crippen LogP contribution in [0, 0.1) is 5.92 Å². The Bertz CT molecular complexity index is 646. The van der Waals surface area contributed by atoms with E-state index in [-0.39, 0.29) is 5.38 Å². The van der Waals surface area contributed by atoms with Gasteiger partial charge in [-0.3, -0.25) is 4.68 Å². The molecule has 116 valence electrons. The Hall–Kier alpha value is -1.07. The summed E-state index contributed by atoms with van der Waals surface area (Å²) in [6, 6.07) is 0. The highest BCUT2D eigenvalue weighted by atomic mass is 35.5. The van der Waals surface area contributed by atoms with Crippen molar-refractivity contribution in [3.63, 3.8) is 0 Å². The molecule has 1 aliphatic heterocycles. The highest BCUT2D eigenvalue weighted by Gasteiger charge is 2.28. The summed E-state index contributed by atoms with van der Waals surface area (Å²) in [4.78, 5) is 4.78. The van der Waals surface area contributed by atoms with Crippen molar-refractivity contribution in [2.75, 3.05) is 6.61 Å². The molecular weight excluding hydrogens is 288 g/mol. The minimum absolute atomic E-state index is 0.111. The molecule has 3 heterocycles. The monoisotopic (exact) mass is 310 g/mol. The van der Waals surface area contributed by atoms with Gasteiger partial charge in [0.05, 0.1) is 17.2 Å². The van der Waals surface area contributed by atoms with Crippen molar-refractivity contribution in [2.24, 2.45) is 13.0 Å². The van der Waals surface area contributed by atoms with Gasteiger partial charge in [-0.2, -0.15) is 5.10 Å². The molecule has 21 heavy (non-hydrogen) atoms. The van der Waals surface area contributed by atoms with Crippen molar-refractivity contribution in [1.29, 1.82) is 0 Å². The Balaban J connectivity index is 2.09. The van der Waals surface area contributed by atoms with E-state index in [1.807, 2.05) is 18.7 Å². The second kappa shape index (κ2) is 5.61. The second-order valence-corrected chi connectivity index (χ2v) is 6.57. The SMILES string of the molecule is CCc1nn(C)c2c1nc(C(C)Cl)n2CC1CCOC1C. The minimum atomic E-state index is -0.111. The van der Waals surface area contributed by atoms with Crippen LogP contribution < -0.4 is 0 Å². The molecule has 1 fully saturated rings. The molecule has 0 bridgehead atoms. The maximum Gasteiger partial charge on any atom is 0.158 e. The first kappa shape index (κ1) is 14.9. The number of imidazole rings is 1. The predicted octanol–water partition coefficient (Wildman–Crippen LogP) is 3.06. The molecule has 0 radical (unpaired) electrons. The zero-order chi connectivity index (χ0) is 15.1. The summed E-state index contributed by atoms with van der Waals surface area (Å²) in [6.45, 7) is 7.98. The van der Waals surface area contributed by atoms with E-state index in [4.69, 9.17) is 21.3 Å². The zero-order valence-corrected chi connectivity index (χ0v) is 13.9. The van der Waals surface area contributed by atoms with Gasteiger partial charge in [-0.15, -0.1) is 11.6 Å². The van der Waals surface area contributed by atoms with Crippen LogP contribution in [-0.2, 0) is 24.8 Å². The highest BCUT2D eigenvalue weighted by Crippen LogP contribution is 2.30. The molecule has 6 heteroatoms. The van der Waals surface area contributed by atoms with Crippen molar-refractivity contribution in [2.45, 2.75) is 51.6 Å². The Labute approximate surface area is 130 Å². The number of ether oxygens (including phenoxy) is 1. The highest BCUT2D eigenvalue weighted by molar-refractivity contribution is 6.20. The molecule has 2 aromatic rings. The number of nitrogens with zero attached hydrogens (tertiary/aromatic N) is 4. The molecular formula is C15H23ClN4O. The van der Waals surface area contributed by atoms with E-state index in [1.165, 1.54) is 0 Å². The van der Waals surface area contributed by atoms with Crippen LogP contribution in [0.5, 0.6) is 0 Å². The molecule has 0 saturated carbocycles. The topological polar surface area (TPSA) is 44.9 Å². The maximum absolute atomic E-state index is 6.36. The fourth-order valence-corrected chi connectivity index (χ4v) is 3.40. The molecule has 3 atom stereocenters. The third-order valence-corrected chi connectivity index (χ3v) is 4.66. The van der Waals surface area contributed by atoms with Crippen LogP contribution in [0.4, 0.5) is 0 Å². The number of hydrogen-bond acceptors (Lipinski definition) is 3. The lowest BCUT2D eigenvalue weighted by molar-refractivity contribution is 0.102. The molecule has 3 unspecified atom stereocenters. The van der Waals surface area contributed by atoms with Crippen LogP contribution in [0.15, 0.2) is 0 Å². The zero-order valence-electron chi connectivity index (χ0n) is 13.1. The Morgan fingerprint density at radius 2 is 2.24 bits per heavy atom. The van der Waals surface area contributed by atoms with Gasteiger partial charge in [0.25, 0.3) is 0 Å². The van der Waals surface area contributed by atoms with Crippen molar-refractivity contribution in [1.82, 2.24) is 19.3 Å². The van der Waals surface area contributed by atoms with Crippen molar-refractivity contribution in [3.8, 4) is 0 Å². The van der Waals surface area contributed by atoms with Gasteiger partial charge in [0, 0.05) is 26.1 Å². The van der Waals surface area contributed by atoms with Gasteiger partial charge < -0.3 is 9.30 Å². The first-order valence-corrected chi connectivity index (χ1v) is 8.14. The first-order chi connectivity index (χ1) is 10.0. The van der Waals surface area contributed by atoms with Crippen LogP contribution in [0.1, 0.15) is 44.1 Å². The number of aryl methyl sites for hydroxylation is 2. The summed E-state index contributed by atoms with van der Waals surface area (Å²) >= 11 is 6.36. The second-order valence-electron chi connectivity index (χ2n) is 5.92. The van der Waals surface area contributed by atoms with Gasteiger partial charge in [0.1, 0.15) is 11.3 Å². The molecule has 0 spiro atoms. The van der Waals surface area contributed by atoms with Crippen molar-refractivity contribution in [3.05, 3.63) is 11.5 Å². The summed E-state index contributed by atoms with van der Waals surface area (Å²) in [5.74, 6) is 1.45. The Kier molecular flexibility index (Phi) is 3.97. The van der Waals surface area contributed by atoms with E-state index < -0.39 is 0 Å². The van der Waals surface area contributed by atoms with E-state index >= 15 is 0 Å². The summed E-state index contributed by atoms with van der Waals surface area (Å²) in [7, 11) is 1.98. The summed E-state index contributed by atoms with van der Waals surface area (Å²) < 4.78 is 9.87. The Morgan fingerprint density at radius 3 is 2.81 bits per heavy atom. The molecule has 3 rings (SSSR count). The number of aromatic nitrogens is 4. The number of hydrogen-bond donors (Lipinski definition) is 0. The lowest BCUT2D eigenvalue weighted by atomic mass is 10.0. The van der Waals surface area contributed by atoms with Gasteiger partial charge in [0.2, 0.25) is 0 Å². The van der Waals surface area contributed by atoms with Gasteiger partial charge >= 0.3 is 0 Å². The average molecular weight is 311 g/mol. The molecule has 0 aromatic carbocycles. The summed E-state index contributed by atoms with van der Waals surface area (Å²) in [5, 5.41) is 4.47. The van der Waals surface area contributed by atoms with Gasteiger partial charge in [-0.25, -0.2) is 4.98 Å². The normalized spacial score (nSPS) is 24.0. The van der Waals surface area contributed by atoms with E-state index in [9.17, 15) is 0 Å². The summed E-state index contributed by atoms with van der Waals surface area (Å²) in [5.41, 5.74) is 3.11. The molecule has 0 amide bonds. The molecule has 2 aromatic heterocycles. The lowest BCUT2D eigenvalue weighted by Crippen LogP contribution is -2.20. The first-order valence-electron chi connectivity index (χ1n) is 7.70. The maximum atomic E-state index is 6.36. The van der Waals surface area contributed by atoms with Gasteiger partial charge in [-0.05, 0) is 26.7 Å². The van der Waals surface area contributed by atoms with Crippen LogP contribution in [0.3, 0.4) is 0 Å². The van der Waals surface area contributed by atoms with E-state index in [1.54, 1.807) is 0 Å². The van der Waals surface area contributed by atoms with Crippen LogP contribution in [0.2, 0.25) is 0 Å². The fraction of sp³-hybridized carbons (Fsp3) is 0.733. The molecule has 0 N–H and O–H groups in total. The average Bonchev–Trinajstić information content (AvgIpc) is 3.08. The number of alkyl halides is 1. The molecule has 1 aliphatic rings. The smallest absolute Gasteiger partial charge is 0.158 e. The third-order valence-electron chi connectivity index (χ3n) is 4.46. The van der Waals surface area contributed by atoms with Crippen LogP contribution in [0.25, 0.3) is 11.2 Å². The van der Waals surface area contributed by atoms with E-state index in [0.717, 1.165) is 48.7 Å². The third kappa shape index (κ3) is 2.46. The lowest BCUT2D eigenvalue weighted by Gasteiger charge is -2.18. The minimum Gasteiger partial charge on any atom is -0.378 e. The van der Waals surface area contributed by atoms with Crippen molar-refractivity contribution >= 4 is 22.8 Å². The van der Waals surface area contributed by atoms with Gasteiger partial charge in [0.15, 0.2) is 5.65 Å². The van der Waals surface area contributed by atoms with Crippen LogP contribution in [-0.4, -0.2) is 32.0 Å². The quantitative estimate of drug-likeness (QED) is 0.815. The molecule has 1 saturated heterocycles. The van der Waals surface area contributed by atoms with E-state index in [0.29, 0.717) is 12.0 Å². The predicted molar refractivity (Wildman–Crippen MR) is 83.7 cm³/mol. The summed E-state index contributed by atoms with van der Waals surface area (Å²) in [6.07, 6.45) is 2.27. The molecule has 5 nitrogen and oxygen atoms in total. The Morgan fingerprint density at radius 1 is 1.48 bits per heavy atom. The standard InChI is InChI=1S/C15H23ClN4O/c1-5-12-13-15(19(4)18-12)20(14(17-13)9(2)16)8-11-6-7-21-10(11)3/h9-11H,5-8H2,1-4H3. The molecule has 0 aliphatic carbocycles. The van der Waals surface area contributed by atoms with E-state index in [2.05, 4.69) is 23.5 Å². The van der Waals surface area contributed by atoms with Crippen molar-refractivity contribution < 1.29 is 4.74 Å². The van der Waals surface area contributed by atoms with Gasteiger partial charge in [-0.1, -0.05) is 6.92 Å². The number of halogens is 1. The van der Waals surface area contributed by atoms with Crippen LogP contribution >= 0.6 is 11.6 Å².